The molecule has 0 saturated carbocycles. The maximum Gasteiger partial charge on any atom is 0.313 e. The van der Waals surface area contributed by atoms with Gasteiger partial charge in [0.05, 0.1) is 5.75 Å². The van der Waals surface area contributed by atoms with Gasteiger partial charge in [-0.3, -0.25) is 4.79 Å². The van der Waals surface area contributed by atoms with E-state index in [1.807, 2.05) is 19.1 Å². The molecule has 3 nitrogen and oxygen atoms in total. The van der Waals surface area contributed by atoms with Gasteiger partial charge in [-0.05, 0) is 24.6 Å². The van der Waals surface area contributed by atoms with Crippen LogP contribution in [0.2, 0.25) is 0 Å². The number of thioether (sulfide) groups is 1. The predicted octanol–water partition coefficient (Wildman–Crippen LogP) is 1.75. The Labute approximate surface area is 80.9 Å². The SMILES string of the molecule is Cc1c(N)cccc1SCC(=O)O. The first-order valence-corrected chi connectivity index (χ1v) is 4.79. The van der Waals surface area contributed by atoms with Crippen LogP contribution in [0.3, 0.4) is 0 Å². The number of nitrogens with two attached hydrogens (primary N) is 1. The second kappa shape index (κ2) is 4.18. The van der Waals surface area contributed by atoms with Crippen molar-refractivity contribution in [3.63, 3.8) is 0 Å². The van der Waals surface area contributed by atoms with Crippen LogP contribution in [0, 0.1) is 6.92 Å². The lowest BCUT2D eigenvalue weighted by Gasteiger charge is -2.05. The Hall–Kier alpha value is -1.16. The lowest BCUT2D eigenvalue weighted by atomic mass is 10.2. The number of aliphatic carboxylic acids is 1. The number of carboxylic acid groups (broad SMARTS) is 1. The number of rotatable bonds is 3. The van der Waals surface area contributed by atoms with Crippen LogP contribution in [-0.2, 0) is 4.79 Å². The Morgan fingerprint density at radius 3 is 2.92 bits per heavy atom. The summed E-state index contributed by atoms with van der Waals surface area (Å²) in [5, 5.41) is 8.48. The van der Waals surface area contributed by atoms with Crippen LogP contribution in [0.5, 0.6) is 0 Å². The van der Waals surface area contributed by atoms with E-state index < -0.39 is 5.97 Å². The van der Waals surface area contributed by atoms with Crippen LogP contribution in [-0.4, -0.2) is 16.8 Å². The molecule has 0 fully saturated rings. The first kappa shape index (κ1) is 9.92. The van der Waals surface area contributed by atoms with Gasteiger partial charge in [-0.1, -0.05) is 6.07 Å². The molecule has 0 bridgehead atoms. The molecule has 1 aromatic rings. The zero-order valence-electron chi connectivity index (χ0n) is 7.28. The molecule has 0 unspecified atom stereocenters. The van der Waals surface area contributed by atoms with Crippen LogP contribution < -0.4 is 5.73 Å². The molecule has 1 rings (SSSR count). The normalized spacial score (nSPS) is 9.92. The summed E-state index contributed by atoms with van der Waals surface area (Å²) in [6, 6.07) is 5.51. The van der Waals surface area contributed by atoms with Crippen LogP contribution >= 0.6 is 11.8 Å². The number of benzene rings is 1. The highest BCUT2D eigenvalue weighted by molar-refractivity contribution is 8.00. The van der Waals surface area contributed by atoms with Crippen molar-refractivity contribution in [3.05, 3.63) is 23.8 Å². The van der Waals surface area contributed by atoms with E-state index in [0.717, 1.165) is 10.5 Å². The molecule has 3 N–H and O–H groups in total. The summed E-state index contributed by atoms with van der Waals surface area (Å²) in [6.07, 6.45) is 0. The third-order valence-electron chi connectivity index (χ3n) is 1.68. The Bertz CT molecular complexity index is 325. The van der Waals surface area contributed by atoms with E-state index in [1.54, 1.807) is 6.07 Å². The van der Waals surface area contributed by atoms with Crippen LogP contribution in [0.25, 0.3) is 0 Å². The highest BCUT2D eigenvalue weighted by atomic mass is 32.2. The molecule has 70 valence electrons. The van der Waals surface area contributed by atoms with Crippen molar-refractivity contribution in [2.75, 3.05) is 11.5 Å². The standard InChI is InChI=1S/C9H11NO2S/c1-6-7(10)3-2-4-8(6)13-5-9(11)12/h2-4H,5,10H2,1H3,(H,11,12). The molecule has 1 aromatic carbocycles. The van der Waals surface area contributed by atoms with E-state index in [2.05, 4.69) is 0 Å². The van der Waals surface area contributed by atoms with Crippen LogP contribution in [0.1, 0.15) is 5.56 Å². The average Bonchev–Trinajstić information content (AvgIpc) is 2.07. The van der Waals surface area contributed by atoms with Gasteiger partial charge in [0.2, 0.25) is 0 Å². The Kier molecular flexibility index (Phi) is 3.19. The van der Waals surface area contributed by atoms with Gasteiger partial charge < -0.3 is 10.8 Å². The Morgan fingerprint density at radius 1 is 1.62 bits per heavy atom. The van der Waals surface area contributed by atoms with Crippen molar-refractivity contribution in [1.29, 1.82) is 0 Å². The summed E-state index contributed by atoms with van der Waals surface area (Å²) in [4.78, 5) is 11.2. The van der Waals surface area contributed by atoms with Gasteiger partial charge in [-0.2, -0.15) is 0 Å². The van der Waals surface area contributed by atoms with Gasteiger partial charge in [-0.15, -0.1) is 11.8 Å². The summed E-state index contributed by atoms with van der Waals surface area (Å²) in [5.41, 5.74) is 7.32. The zero-order chi connectivity index (χ0) is 9.84. The van der Waals surface area contributed by atoms with E-state index in [9.17, 15) is 4.79 Å². The molecule has 0 saturated heterocycles. The number of nitrogen functional groups attached to an aromatic ring is 1. The molecule has 0 aliphatic heterocycles. The Balaban J connectivity index is 2.77. The van der Waals surface area contributed by atoms with Crippen molar-refractivity contribution < 1.29 is 9.90 Å². The lowest BCUT2D eigenvalue weighted by Crippen LogP contribution is -1.98. The molecule has 0 amide bonds. The first-order chi connectivity index (χ1) is 6.11. The number of anilines is 1. The van der Waals surface area contributed by atoms with E-state index in [0.29, 0.717) is 5.69 Å². The van der Waals surface area contributed by atoms with Gasteiger partial charge in [0.15, 0.2) is 0 Å². The Morgan fingerprint density at radius 2 is 2.31 bits per heavy atom. The molecule has 0 aliphatic carbocycles. The minimum Gasteiger partial charge on any atom is -0.481 e. The van der Waals surface area contributed by atoms with Gasteiger partial charge >= 0.3 is 5.97 Å². The summed E-state index contributed by atoms with van der Waals surface area (Å²) in [7, 11) is 0. The van der Waals surface area contributed by atoms with Crippen molar-refractivity contribution in [2.24, 2.45) is 0 Å². The quantitative estimate of drug-likeness (QED) is 0.572. The fourth-order valence-corrected chi connectivity index (χ4v) is 1.72. The third kappa shape index (κ3) is 2.66. The minimum atomic E-state index is -0.813. The van der Waals surface area contributed by atoms with Crippen molar-refractivity contribution in [2.45, 2.75) is 11.8 Å². The van der Waals surface area contributed by atoms with Crippen molar-refractivity contribution in [1.82, 2.24) is 0 Å². The minimum absolute atomic E-state index is 0.0737. The average molecular weight is 197 g/mol. The monoisotopic (exact) mass is 197 g/mol. The smallest absolute Gasteiger partial charge is 0.313 e. The summed E-state index contributed by atoms with van der Waals surface area (Å²) in [5.74, 6) is -0.739. The molecule has 0 heterocycles. The number of carbonyl (C=O) groups is 1. The van der Waals surface area contributed by atoms with E-state index in [1.165, 1.54) is 11.8 Å². The summed E-state index contributed by atoms with van der Waals surface area (Å²) < 4.78 is 0. The molecule has 0 aliphatic rings. The maximum absolute atomic E-state index is 10.3. The fraction of sp³-hybridized carbons (Fsp3) is 0.222. The first-order valence-electron chi connectivity index (χ1n) is 3.81. The molecule has 0 radical (unpaired) electrons. The summed E-state index contributed by atoms with van der Waals surface area (Å²) in [6.45, 7) is 1.89. The molecule has 0 atom stereocenters. The van der Waals surface area contributed by atoms with E-state index >= 15 is 0 Å². The molecule has 4 heteroatoms. The van der Waals surface area contributed by atoms with E-state index in [-0.39, 0.29) is 5.75 Å². The highest BCUT2D eigenvalue weighted by Crippen LogP contribution is 2.25. The number of hydrogen-bond donors (Lipinski definition) is 2. The molecular weight excluding hydrogens is 186 g/mol. The topological polar surface area (TPSA) is 63.3 Å². The van der Waals surface area contributed by atoms with Gasteiger partial charge in [0.1, 0.15) is 0 Å². The van der Waals surface area contributed by atoms with Crippen molar-refractivity contribution in [3.8, 4) is 0 Å². The fourth-order valence-electron chi connectivity index (χ4n) is 0.927. The van der Waals surface area contributed by atoms with Gasteiger partial charge in [0, 0.05) is 10.6 Å². The van der Waals surface area contributed by atoms with Crippen LogP contribution in [0.15, 0.2) is 23.1 Å². The highest BCUT2D eigenvalue weighted by Gasteiger charge is 2.03. The molecular formula is C9H11NO2S. The van der Waals surface area contributed by atoms with Crippen LogP contribution in [0.4, 0.5) is 5.69 Å². The van der Waals surface area contributed by atoms with Gasteiger partial charge in [-0.25, -0.2) is 0 Å². The van der Waals surface area contributed by atoms with E-state index in [4.69, 9.17) is 10.8 Å². The van der Waals surface area contributed by atoms with Crippen molar-refractivity contribution >= 4 is 23.4 Å². The molecule has 0 aromatic heterocycles. The van der Waals surface area contributed by atoms with Gasteiger partial charge in [0.25, 0.3) is 0 Å². The second-order valence-electron chi connectivity index (χ2n) is 2.65. The largest absolute Gasteiger partial charge is 0.481 e. The third-order valence-corrected chi connectivity index (χ3v) is 2.82. The maximum atomic E-state index is 10.3. The zero-order valence-corrected chi connectivity index (χ0v) is 8.10. The predicted molar refractivity (Wildman–Crippen MR) is 54.0 cm³/mol. The number of carboxylic acids is 1. The molecule has 0 spiro atoms. The summed E-state index contributed by atoms with van der Waals surface area (Å²) >= 11 is 1.29. The molecule has 13 heavy (non-hydrogen) atoms. The second-order valence-corrected chi connectivity index (χ2v) is 3.67. The number of hydrogen-bond acceptors (Lipinski definition) is 3. The lowest BCUT2D eigenvalue weighted by molar-refractivity contribution is -0.133.